The Morgan fingerprint density at radius 3 is 2.62 bits per heavy atom. The van der Waals surface area contributed by atoms with Crippen molar-refractivity contribution in [3.8, 4) is 0 Å². The summed E-state index contributed by atoms with van der Waals surface area (Å²) in [7, 11) is 0. The van der Waals surface area contributed by atoms with Crippen molar-refractivity contribution in [3.05, 3.63) is 33.9 Å². The second kappa shape index (κ2) is 7.22. The quantitative estimate of drug-likeness (QED) is 0.519. The highest BCUT2D eigenvalue weighted by molar-refractivity contribution is 5.90. The van der Waals surface area contributed by atoms with Gasteiger partial charge < -0.3 is 15.7 Å². The van der Waals surface area contributed by atoms with Crippen molar-refractivity contribution in [1.29, 1.82) is 0 Å². The molecule has 21 heavy (non-hydrogen) atoms. The van der Waals surface area contributed by atoms with Crippen molar-refractivity contribution in [1.82, 2.24) is 5.32 Å². The summed E-state index contributed by atoms with van der Waals surface area (Å²) in [5.74, 6) is -1.54. The van der Waals surface area contributed by atoms with Crippen LogP contribution in [0.3, 0.4) is 0 Å². The predicted molar refractivity (Wildman–Crippen MR) is 76.4 cm³/mol. The number of nitro benzene ring substituents is 1. The van der Waals surface area contributed by atoms with E-state index in [1.165, 1.54) is 12.1 Å². The first kappa shape index (κ1) is 16.4. The van der Waals surface area contributed by atoms with Gasteiger partial charge in [0.1, 0.15) is 11.7 Å². The number of carbonyl (C=O) groups excluding carboxylic acids is 1. The molecule has 114 valence electrons. The third-order valence-corrected chi connectivity index (χ3v) is 2.76. The molecule has 0 aromatic heterocycles. The Bertz CT molecular complexity index is 559. The third kappa shape index (κ3) is 4.44. The lowest BCUT2D eigenvalue weighted by atomic mass is 10.1. The highest BCUT2D eigenvalue weighted by Crippen LogP contribution is 2.26. The molecule has 8 nitrogen and oxygen atoms in total. The number of nitrogens with zero attached hydrogens (tertiary/aromatic N) is 1. The highest BCUT2D eigenvalue weighted by Gasteiger charge is 2.20. The molecule has 0 heterocycles. The minimum atomic E-state index is -1.25. The van der Waals surface area contributed by atoms with Gasteiger partial charge in [-0.25, -0.2) is 4.79 Å². The second-order valence-corrected chi connectivity index (χ2v) is 4.45. The number of rotatable bonds is 7. The molecule has 1 unspecified atom stereocenters. The topological polar surface area (TPSA) is 122 Å². The van der Waals surface area contributed by atoms with Crippen LogP contribution in [-0.4, -0.2) is 34.5 Å². The van der Waals surface area contributed by atoms with E-state index in [4.69, 9.17) is 5.11 Å². The zero-order valence-electron chi connectivity index (χ0n) is 11.8. The minimum Gasteiger partial charge on any atom is -0.478 e. The van der Waals surface area contributed by atoms with E-state index < -0.39 is 16.9 Å². The summed E-state index contributed by atoms with van der Waals surface area (Å²) in [6, 6.07) is 2.81. The number of carboxylic acid groups (broad SMARTS) is 1. The van der Waals surface area contributed by atoms with Gasteiger partial charge in [0.05, 0.1) is 10.5 Å². The van der Waals surface area contributed by atoms with Gasteiger partial charge in [-0.1, -0.05) is 6.92 Å². The van der Waals surface area contributed by atoms with Gasteiger partial charge in [-0.3, -0.25) is 14.9 Å². The number of hydrogen-bond acceptors (Lipinski definition) is 5. The maximum atomic E-state index is 11.7. The van der Waals surface area contributed by atoms with Crippen LogP contribution >= 0.6 is 0 Å². The van der Waals surface area contributed by atoms with E-state index in [9.17, 15) is 19.7 Å². The van der Waals surface area contributed by atoms with Crippen molar-refractivity contribution >= 4 is 23.3 Å². The van der Waals surface area contributed by atoms with E-state index in [1.54, 1.807) is 6.92 Å². The smallest absolute Gasteiger partial charge is 0.335 e. The van der Waals surface area contributed by atoms with Crippen molar-refractivity contribution in [2.75, 3.05) is 11.9 Å². The van der Waals surface area contributed by atoms with Crippen LogP contribution in [0.25, 0.3) is 0 Å². The monoisotopic (exact) mass is 295 g/mol. The molecule has 0 radical (unpaired) electrons. The lowest BCUT2D eigenvalue weighted by Gasteiger charge is -2.15. The second-order valence-electron chi connectivity index (χ2n) is 4.45. The van der Waals surface area contributed by atoms with E-state index in [1.807, 2.05) is 6.92 Å². The van der Waals surface area contributed by atoms with Gasteiger partial charge >= 0.3 is 5.97 Å². The van der Waals surface area contributed by atoms with E-state index in [2.05, 4.69) is 10.6 Å². The first-order chi connectivity index (χ1) is 9.86. The summed E-state index contributed by atoms with van der Waals surface area (Å²) in [6.07, 6.45) is 0.784. The van der Waals surface area contributed by atoms with E-state index in [0.29, 0.717) is 6.54 Å². The lowest BCUT2D eigenvalue weighted by molar-refractivity contribution is -0.384. The van der Waals surface area contributed by atoms with Gasteiger partial charge in [0.2, 0.25) is 5.91 Å². The minimum absolute atomic E-state index is 0.101. The van der Waals surface area contributed by atoms with Crippen molar-refractivity contribution < 1.29 is 19.6 Å². The maximum absolute atomic E-state index is 11.7. The summed E-state index contributed by atoms with van der Waals surface area (Å²) in [4.78, 5) is 32.9. The van der Waals surface area contributed by atoms with Gasteiger partial charge in [-0.2, -0.15) is 0 Å². The Morgan fingerprint density at radius 2 is 2.10 bits per heavy atom. The first-order valence-electron chi connectivity index (χ1n) is 6.42. The number of benzene rings is 1. The number of nitrogens with one attached hydrogen (secondary N) is 2. The van der Waals surface area contributed by atoms with Crippen molar-refractivity contribution in [2.45, 2.75) is 26.3 Å². The number of hydrogen-bond donors (Lipinski definition) is 3. The van der Waals surface area contributed by atoms with E-state index >= 15 is 0 Å². The van der Waals surface area contributed by atoms with Crippen molar-refractivity contribution in [3.63, 3.8) is 0 Å². The number of nitro groups is 1. The summed E-state index contributed by atoms with van der Waals surface area (Å²) < 4.78 is 0. The van der Waals surface area contributed by atoms with Gasteiger partial charge in [0.25, 0.3) is 5.69 Å². The number of carbonyl (C=O) groups is 2. The normalized spacial score (nSPS) is 11.5. The standard InChI is InChI=1S/C13H17N3O5/c1-3-6-14-12(17)8(2)15-10-5-4-9(13(18)19)7-11(10)16(20)21/h4-5,7-8,15H,3,6H2,1-2H3,(H,14,17)(H,18,19). The molecule has 0 aliphatic carbocycles. The van der Waals surface area contributed by atoms with Crippen molar-refractivity contribution in [2.24, 2.45) is 0 Å². The zero-order chi connectivity index (χ0) is 16.0. The average Bonchev–Trinajstić information content (AvgIpc) is 2.44. The molecule has 0 fully saturated rings. The Labute approximate surface area is 121 Å². The zero-order valence-corrected chi connectivity index (χ0v) is 11.8. The summed E-state index contributed by atoms with van der Waals surface area (Å²) in [5.41, 5.74) is -0.468. The van der Waals surface area contributed by atoms with Gasteiger partial charge in [0, 0.05) is 12.6 Å². The summed E-state index contributed by atoms with van der Waals surface area (Å²) in [6.45, 7) is 4.00. The van der Waals surface area contributed by atoms with Crippen LogP contribution in [0.4, 0.5) is 11.4 Å². The Kier molecular flexibility index (Phi) is 5.65. The molecule has 1 amide bonds. The molecule has 3 N–H and O–H groups in total. The molecule has 0 spiro atoms. The maximum Gasteiger partial charge on any atom is 0.335 e. The predicted octanol–water partition coefficient (Wildman–Crippen LogP) is 1.62. The molecule has 0 saturated heterocycles. The molecule has 0 aliphatic rings. The molecule has 1 rings (SSSR count). The SMILES string of the molecule is CCCNC(=O)C(C)Nc1ccc(C(=O)O)cc1[N+](=O)[O-]. The van der Waals surface area contributed by atoms with E-state index in [0.717, 1.165) is 12.5 Å². The fraction of sp³-hybridized carbons (Fsp3) is 0.385. The molecule has 0 saturated carbocycles. The molecular weight excluding hydrogens is 278 g/mol. The number of amides is 1. The summed E-state index contributed by atoms with van der Waals surface area (Å²) in [5, 5.41) is 25.2. The largest absolute Gasteiger partial charge is 0.478 e. The molecular formula is C13H17N3O5. The number of anilines is 1. The lowest BCUT2D eigenvalue weighted by Crippen LogP contribution is -2.38. The van der Waals surface area contributed by atoms with Crippen LogP contribution in [-0.2, 0) is 4.79 Å². The fourth-order valence-corrected chi connectivity index (χ4v) is 1.64. The van der Waals surface area contributed by atoms with Gasteiger partial charge in [-0.05, 0) is 25.5 Å². The van der Waals surface area contributed by atoms with Crippen LogP contribution in [0.2, 0.25) is 0 Å². The molecule has 8 heteroatoms. The molecule has 1 aromatic rings. The molecule has 0 aliphatic heterocycles. The fourth-order valence-electron chi connectivity index (χ4n) is 1.64. The van der Waals surface area contributed by atoms with Crippen LogP contribution in [0, 0.1) is 10.1 Å². The molecule has 1 atom stereocenters. The van der Waals surface area contributed by atoms with Crippen LogP contribution in [0.15, 0.2) is 18.2 Å². The molecule has 1 aromatic carbocycles. The van der Waals surface area contributed by atoms with Gasteiger partial charge in [0.15, 0.2) is 0 Å². The number of aromatic carboxylic acids is 1. The Balaban J connectivity index is 2.94. The Hall–Kier alpha value is -2.64. The molecule has 0 bridgehead atoms. The first-order valence-corrected chi connectivity index (χ1v) is 6.42. The van der Waals surface area contributed by atoms with E-state index in [-0.39, 0.29) is 22.8 Å². The van der Waals surface area contributed by atoms with Crippen LogP contribution < -0.4 is 10.6 Å². The average molecular weight is 295 g/mol. The highest BCUT2D eigenvalue weighted by atomic mass is 16.6. The summed E-state index contributed by atoms with van der Waals surface area (Å²) >= 11 is 0. The third-order valence-electron chi connectivity index (χ3n) is 2.76. The number of carboxylic acids is 1. The van der Waals surface area contributed by atoms with Gasteiger partial charge in [-0.15, -0.1) is 0 Å². The van der Waals surface area contributed by atoms with Crippen LogP contribution in [0.1, 0.15) is 30.6 Å². The Morgan fingerprint density at radius 1 is 1.43 bits per heavy atom. The van der Waals surface area contributed by atoms with Crippen LogP contribution in [0.5, 0.6) is 0 Å².